The van der Waals surface area contributed by atoms with Crippen LogP contribution in [0.2, 0.25) is 0 Å². The number of aliphatic carboxylic acids is 1. The van der Waals surface area contributed by atoms with E-state index in [0.717, 1.165) is 24.2 Å². The molecule has 1 aliphatic rings. The molecule has 5 nitrogen and oxygen atoms in total. The molecule has 0 saturated heterocycles. The molecule has 0 spiro atoms. The number of amides is 1. The zero-order valence-electron chi connectivity index (χ0n) is 14.0. The molecule has 2 N–H and O–H groups in total. The highest BCUT2D eigenvalue weighted by molar-refractivity contribution is 5.90. The van der Waals surface area contributed by atoms with E-state index in [1.165, 1.54) is 0 Å². The van der Waals surface area contributed by atoms with Gasteiger partial charge < -0.3 is 15.2 Å². The SMILES string of the molecule is COc1ccc(C(C)C(=O)NC2(C(=O)O)CCCC(C)C2)cc1. The number of hydrogen-bond acceptors (Lipinski definition) is 3. The van der Waals surface area contributed by atoms with Crippen LogP contribution in [-0.4, -0.2) is 29.6 Å². The second kappa shape index (κ2) is 7.02. The number of methoxy groups -OCH3 is 1. The molecule has 0 aromatic heterocycles. The quantitative estimate of drug-likeness (QED) is 0.875. The van der Waals surface area contributed by atoms with Gasteiger partial charge in [-0.2, -0.15) is 0 Å². The van der Waals surface area contributed by atoms with Crippen LogP contribution in [0.5, 0.6) is 5.75 Å². The van der Waals surface area contributed by atoms with Gasteiger partial charge in [0.05, 0.1) is 13.0 Å². The van der Waals surface area contributed by atoms with Crippen molar-refractivity contribution in [1.29, 1.82) is 0 Å². The molecule has 1 saturated carbocycles. The Morgan fingerprint density at radius 3 is 2.52 bits per heavy atom. The molecule has 0 aliphatic heterocycles. The van der Waals surface area contributed by atoms with Gasteiger partial charge in [-0.05, 0) is 43.4 Å². The Balaban J connectivity index is 2.12. The van der Waals surface area contributed by atoms with Crippen molar-refractivity contribution < 1.29 is 19.4 Å². The lowest BCUT2D eigenvalue weighted by Gasteiger charge is -2.37. The van der Waals surface area contributed by atoms with Gasteiger partial charge in [0.15, 0.2) is 0 Å². The van der Waals surface area contributed by atoms with Crippen molar-refractivity contribution in [1.82, 2.24) is 5.32 Å². The minimum absolute atomic E-state index is 0.244. The Labute approximate surface area is 137 Å². The van der Waals surface area contributed by atoms with Crippen molar-refractivity contribution in [2.24, 2.45) is 5.92 Å². The van der Waals surface area contributed by atoms with Gasteiger partial charge in [-0.3, -0.25) is 4.79 Å². The number of benzene rings is 1. The third-order valence-corrected chi connectivity index (χ3v) is 4.78. The standard InChI is InChI=1S/C18H25NO4/c1-12-5-4-10-18(11-12,17(21)22)19-16(20)13(2)14-6-8-15(23-3)9-7-14/h6-9,12-13H,4-5,10-11H2,1-3H3,(H,19,20)(H,21,22). The third-order valence-electron chi connectivity index (χ3n) is 4.78. The molecule has 126 valence electrons. The summed E-state index contributed by atoms with van der Waals surface area (Å²) in [7, 11) is 1.59. The first-order chi connectivity index (χ1) is 10.9. The third kappa shape index (κ3) is 3.84. The van der Waals surface area contributed by atoms with Crippen molar-refractivity contribution in [3.63, 3.8) is 0 Å². The summed E-state index contributed by atoms with van der Waals surface area (Å²) in [4.78, 5) is 24.3. The first kappa shape index (κ1) is 17.3. The highest BCUT2D eigenvalue weighted by Gasteiger charge is 2.43. The van der Waals surface area contributed by atoms with Gasteiger partial charge in [-0.25, -0.2) is 4.79 Å². The van der Waals surface area contributed by atoms with Gasteiger partial charge in [0, 0.05) is 0 Å². The van der Waals surface area contributed by atoms with Crippen LogP contribution in [0.25, 0.3) is 0 Å². The molecule has 1 aliphatic carbocycles. The Kier molecular flexibility index (Phi) is 5.29. The average molecular weight is 319 g/mol. The molecule has 23 heavy (non-hydrogen) atoms. The van der Waals surface area contributed by atoms with Gasteiger partial charge in [0.1, 0.15) is 11.3 Å². The summed E-state index contributed by atoms with van der Waals surface area (Å²) in [5, 5.41) is 12.5. The van der Waals surface area contributed by atoms with Crippen LogP contribution in [-0.2, 0) is 9.59 Å². The van der Waals surface area contributed by atoms with Crippen molar-refractivity contribution in [3.8, 4) is 5.75 Å². The molecule has 0 radical (unpaired) electrons. The number of carboxylic acids is 1. The molecule has 3 atom stereocenters. The van der Waals surface area contributed by atoms with E-state index in [-0.39, 0.29) is 5.91 Å². The van der Waals surface area contributed by atoms with Gasteiger partial charge in [0.25, 0.3) is 0 Å². The van der Waals surface area contributed by atoms with Crippen LogP contribution in [0, 0.1) is 5.92 Å². The monoisotopic (exact) mass is 319 g/mol. The molecule has 1 aromatic rings. The maximum Gasteiger partial charge on any atom is 0.329 e. The Bertz CT molecular complexity index is 569. The largest absolute Gasteiger partial charge is 0.497 e. The Morgan fingerprint density at radius 1 is 1.35 bits per heavy atom. The van der Waals surface area contributed by atoms with Crippen molar-refractivity contribution in [2.75, 3.05) is 7.11 Å². The Morgan fingerprint density at radius 2 is 2.00 bits per heavy atom. The second-order valence-corrected chi connectivity index (χ2v) is 6.57. The molecule has 1 amide bonds. The van der Waals surface area contributed by atoms with E-state index in [9.17, 15) is 14.7 Å². The fourth-order valence-electron chi connectivity index (χ4n) is 3.30. The van der Waals surface area contributed by atoms with Crippen molar-refractivity contribution >= 4 is 11.9 Å². The summed E-state index contributed by atoms with van der Waals surface area (Å²) in [5.74, 6) is -0.554. The van der Waals surface area contributed by atoms with Crippen molar-refractivity contribution in [3.05, 3.63) is 29.8 Å². The molecular formula is C18H25NO4. The summed E-state index contributed by atoms with van der Waals surface area (Å²) in [6.07, 6.45) is 2.82. The van der Waals surface area contributed by atoms with E-state index in [2.05, 4.69) is 5.32 Å². The van der Waals surface area contributed by atoms with E-state index in [1.807, 2.05) is 19.1 Å². The fraction of sp³-hybridized carbons (Fsp3) is 0.556. The van der Waals surface area contributed by atoms with Crippen LogP contribution in [0.15, 0.2) is 24.3 Å². The smallest absolute Gasteiger partial charge is 0.329 e. The maximum absolute atomic E-state index is 12.6. The van der Waals surface area contributed by atoms with Gasteiger partial charge in [0.2, 0.25) is 5.91 Å². The lowest BCUT2D eigenvalue weighted by Crippen LogP contribution is -2.57. The lowest BCUT2D eigenvalue weighted by molar-refractivity contribution is -0.150. The summed E-state index contributed by atoms with van der Waals surface area (Å²) in [6.45, 7) is 3.83. The predicted molar refractivity (Wildman–Crippen MR) is 87.6 cm³/mol. The van der Waals surface area contributed by atoms with E-state index in [1.54, 1.807) is 26.2 Å². The minimum Gasteiger partial charge on any atom is -0.497 e. The Hall–Kier alpha value is -2.04. The van der Waals surface area contributed by atoms with Crippen LogP contribution < -0.4 is 10.1 Å². The van der Waals surface area contributed by atoms with E-state index in [4.69, 9.17) is 4.74 Å². The first-order valence-corrected chi connectivity index (χ1v) is 8.07. The van der Waals surface area contributed by atoms with Crippen LogP contribution >= 0.6 is 0 Å². The molecule has 0 bridgehead atoms. The van der Waals surface area contributed by atoms with E-state index in [0.29, 0.717) is 18.8 Å². The second-order valence-electron chi connectivity index (χ2n) is 6.57. The zero-order valence-corrected chi connectivity index (χ0v) is 14.0. The molecule has 5 heteroatoms. The molecule has 1 fully saturated rings. The molecule has 0 heterocycles. The van der Waals surface area contributed by atoms with Gasteiger partial charge >= 0.3 is 5.97 Å². The number of carboxylic acid groups (broad SMARTS) is 1. The number of ether oxygens (including phenoxy) is 1. The summed E-state index contributed by atoms with van der Waals surface area (Å²) >= 11 is 0. The van der Waals surface area contributed by atoms with Crippen LogP contribution in [0.4, 0.5) is 0 Å². The normalized spacial score (nSPS) is 25.4. The van der Waals surface area contributed by atoms with E-state index < -0.39 is 17.4 Å². The van der Waals surface area contributed by atoms with E-state index >= 15 is 0 Å². The number of hydrogen-bond donors (Lipinski definition) is 2. The molecule has 1 aromatic carbocycles. The summed E-state index contributed by atoms with van der Waals surface area (Å²) < 4.78 is 5.11. The fourth-order valence-corrected chi connectivity index (χ4v) is 3.30. The molecular weight excluding hydrogens is 294 g/mol. The van der Waals surface area contributed by atoms with Crippen LogP contribution in [0.1, 0.15) is 51.0 Å². The highest BCUT2D eigenvalue weighted by Crippen LogP contribution is 2.33. The number of rotatable bonds is 5. The highest BCUT2D eigenvalue weighted by atomic mass is 16.5. The van der Waals surface area contributed by atoms with Crippen molar-refractivity contribution in [2.45, 2.75) is 51.0 Å². The number of carbonyl (C=O) groups is 2. The predicted octanol–water partition coefficient (Wildman–Crippen LogP) is 2.95. The molecule has 2 rings (SSSR count). The zero-order chi connectivity index (χ0) is 17.0. The topological polar surface area (TPSA) is 75.6 Å². The van der Waals surface area contributed by atoms with Crippen LogP contribution in [0.3, 0.4) is 0 Å². The lowest BCUT2D eigenvalue weighted by atomic mass is 9.76. The number of carbonyl (C=O) groups excluding carboxylic acids is 1. The maximum atomic E-state index is 12.6. The summed E-state index contributed by atoms with van der Waals surface area (Å²) in [5.41, 5.74) is -0.289. The molecule has 3 unspecified atom stereocenters. The minimum atomic E-state index is -1.13. The van der Waals surface area contributed by atoms with Gasteiger partial charge in [-0.15, -0.1) is 0 Å². The average Bonchev–Trinajstić information content (AvgIpc) is 2.54. The number of nitrogens with one attached hydrogen (secondary N) is 1. The van der Waals surface area contributed by atoms with Gasteiger partial charge in [-0.1, -0.05) is 31.9 Å². The first-order valence-electron chi connectivity index (χ1n) is 8.07. The summed E-state index contributed by atoms with van der Waals surface area (Å²) in [6, 6.07) is 7.27.